The standard InChI is InChI=1S/C12H20N4O2/c1-12(2,16(3)4)7-15-10-5-8(11(17)18)9(13)6-14-10/h5-6H,7,13H2,1-4H3,(H,14,15)(H,17,18). The first-order chi connectivity index (χ1) is 8.24. The summed E-state index contributed by atoms with van der Waals surface area (Å²) in [6.45, 7) is 4.81. The van der Waals surface area contributed by atoms with E-state index in [1.807, 2.05) is 14.1 Å². The van der Waals surface area contributed by atoms with Gasteiger partial charge in [-0.05, 0) is 34.0 Å². The fraction of sp³-hybridized carbons (Fsp3) is 0.500. The first kappa shape index (κ1) is 14.2. The molecule has 0 aliphatic heterocycles. The molecule has 0 saturated heterocycles. The van der Waals surface area contributed by atoms with Crippen LogP contribution in [0.2, 0.25) is 0 Å². The summed E-state index contributed by atoms with van der Waals surface area (Å²) < 4.78 is 0. The fourth-order valence-electron chi connectivity index (χ4n) is 1.21. The lowest BCUT2D eigenvalue weighted by atomic mass is 10.0. The molecule has 1 rings (SSSR count). The highest BCUT2D eigenvalue weighted by molar-refractivity contribution is 5.94. The van der Waals surface area contributed by atoms with Gasteiger partial charge in [0, 0.05) is 12.1 Å². The Hall–Kier alpha value is -1.82. The van der Waals surface area contributed by atoms with Crippen LogP contribution in [-0.2, 0) is 0 Å². The second kappa shape index (κ2) is 5.22. The number of hydrogen-bond acceptors (Lipinski definition) is 5. The van der Waals surface area contributed by atoms with Crippen molar-refractivity contribution in [2.24, 2.45) is 0 Å². The van der Waals surface area contributed by atoms with E-state index in [-0.39, 0.29) is 16.8 Å². The third kappa shape index (κ3) is 3.33. The molecule has 18 heavy (non-hydrogen) atoms. The Balaban J connectivity index is 2.81. The second-order valence-corrected chi connectivity index (χ2v) is 5.02. The van der Waals surface area contributed by atoms with Crippen LogP contribution in [0.4, 0.5) is 11.5 Å². The Morgan fingerprint density at radius 1 is 1.56 bits per heavy atom. The van der Waals surface area contributed by atoms with Crippen molar-refractivity contribution in [1.82, 2.24) is 9.88 Å². The summed E-state index contributed by atoms with van der Waals surface area (Å²) in [6.07, 6.45) is 1.36. The van der Waals surface area contributed by atoms with Gasteiger partial charge >= 0.3 is 5.97 Å². The molecule has 0 aliphatic carbocycles. The lowest BCUT2D eigenvalue weighted by molar-refractivity contribution is 0.0698. The van der Waals surface area contributed by atoms with Gasteiger partial charge in [0.2, 0.25) is 0 Å². The van der Waals surface area contributed by atoms with Crippen LogP contribution in [0.25, 0.3) is 0 Å². The number of carbonyl (C=O) groups is 1. The van der Waals surface area contributed by atoms with Gasteiger partial charge in [0.05, 0.1) is 17.4 Å². The number of likely N-dealkylation sites (N-methyl/N-ethyl adjacent to an activating group) is 1. The van der Waals surface area contributed by atoms with Gasteiger partial charge in [0.25, 0.3) is 0 Å². The number of aromatic nitrogens is 1. The van der Waals surface area contributed by atoms with Crippen LogP contribution in [-0.4, -0.2) is 47.1 Å². The van der Waals surface area contributed by atoms with Crippen molar-refractivity contribution in [2.75, 3.05) is 31.7 Å². The van der Waals surface area contributed by atoms with E-state index in [0.29, 0.717) is 12.4 Å². The predicted molar refractivity (Wildman–Crippen MR) is 71.9 cm³/mol. The van der Waals surface area contributed by atoms with E-state index in [1.165, 1.54) is 12.3 Å². The van der Waals surface area contributed by atoms with E-state index < -0.39 is 5.97 Å². The molecule has 1 heterocycles. The molecule has 4 N–H and O–H groups in total. The first-order valence-corrected chi connectivity index (χ1v) is 5.64. The molecular weight excluding hydrogens is 232 g/mol. The van der Waals surface area contributed by atoms with Crippen molar-refractivity contribution in [1.29, 1.82) is 0 Å². The topological polar surface area (TPSA) is 91.5 Å². The molecule has 0 fully saturated rings. The second-order valence-electron chi connectivity index (χ2n) is 5.02. The van der Waals surface area contributed by atoms with Crippen LogP contribution in [0.15, 0.2) is 12.3 Å². The number of nitrogens with two attached hydrogens (primary N) is 1. The van der Waals surface area contributed by atoms with Crippen LogP contribution < -0.4 is 11.1 Å². The smallest absolute Gasteiger partial charge is 0.337 e. The zero-order chi connectivity index (χ0) is 13.9. The van der Waals surface area contributed by atoms with Crippen molar-refractivity contribution in [2.45, 2.75) is 19.4 Å². The lowest BCUT2D eigenvalue weighted by Gasteiger charge is -2.32. The molecule has 6 heteroatoms. The van der Waals surface area contributed by atoms with Gasteiger partial charge < -0.3 is 21.1 Å². The maximum absolute atomic E-state index is 10.9. The van der Waals surface area contributed by atoms with Crippen LogP contribution >= 0.6 is 0 Å². The molecule has 0 bridgehead atoms. The largest absolute Gasteiger partial charge is 0.478 e. The first-order valence-electron chi connectivity index (χ1n) is 5.64. The number of rotatable bonds is 5. The van der Waals surface area contributed by atoms with Gasteiger partial charge in [-0.2, -0.15) is 0 Å². The zero-order valence-corrected chi connectivity index (χ0v) is 11.2. The van der Waals surface area contributed by atoms with Gasteiger partial charge in [-0.15, -0.1) is 0 Å². The molecule has 0 amide bonds. The summed E-state index contributed by atoms with van der Waals surface area (Å²) >= 11 is 0. The number of nitrogen functional groups attached to an aromatic ring is 1. The maximum atomic E-state index is 10.9. The molecule has 1 aromatic heterocycles. The molecule has 0 atom stereocenters. The summed E-state index contributed by atoms with van der Waals surface area (Å²) in [4.78, 5) is 17.1. The molecule has 0 aromatic carbocycles. The SMILES string of the molecule is CN(C)C(C)(C)CNc1cc(C(=O)O)c(N)cn1. The van der Waals surface area contributed by atoms with Gasteiger partial charge in [-0.25, -0.2) is 9.78 Å². The van der Waals surface area contributed by atoms with Crippen molar-refractivity contribution < 1.29 is 9.90 Å². The number of pyridine rings is 1. The number of aromatic carboxylic acids is 1. The van der Waals surface area contributed by atoms with Crippen molar-refractivity contribution in [3.05, 3.63) is 17.8 Å². The number of nitrogens with zero attached hydrogens (tertiary/aromatic N) is 2. The highest BCUT2D eigenvalue weighted by Crippen LogP contribution is 2.16. The van der Waals surface area contributed by atoms with Gasteiger partial charge in [-0.3, -0.25) is 0 Å². The number of nitrogens with one attached hydrogen (secondary N) is 1. The van der Waals surface area contributed by atoms with Crippen LogP contribution in [0, 0.1) is 0 Å². The number of carboxylic acid groups (broad SMARTS) is 1. The monoisotopic (exact) mass is 252 g/mol. The van der Waals surface area contributed by atoms with Crippen LogP contribution in [0.5, 0.6) is 0 Å². The van der Waals surface area contributed by atoms with Crippen molar-refractivity contribution >= 4 is 17.5 Å². The number of carboxylic acids is 1. The summed E-state index contributed by atoms with van der Waals surface area (Å²) in [6, 6.07) is 1.45. The summed E-state index contributed by atoms with van der Waals surface area (Å²) in [5.41, 5.74) is 5.71. The Bertz CT molecular complexity index is 444. The minimum atomic E-state index is -1.05. The quantitative estimate of drug-likeness (QED) is 0.727. The highest BCUT2D eigenvalue weighted by atomic mass is 16.4. The minimum absolute atomic E-state index is 0.0630. The molecule has 0 aliphatic rings. The van der Waals surface area contributed by atoms with E-state index in [2.05, 4.69) is 29.0 Å². The van der Waals surface area contributed by atoms with E-state index >= 15 is 0 Å². The third-order valence-electron chi connectivity index (χ3n) is 3.08. The zero-order valence-electron chi connectivity index (χ0n) is 11.2. The molecule has 6 nitrogen and oxygen atoms in total. The van der Waals surface area contributed by atoms with Gasteiger partial charge in [0.15, 0.2) is 0 Å². The van der Waals surface area contributed by atoms with Crippen LogP contribution in [0.1, 0.15) is 24.2 Å². The average Bonchev–Trinajstić information content (AvgIpc) is 2.27. The highest BCUT2D eigenvalue weighted by Gasteiger charge is 2.20. The van der Waals surface area contributed by atoms with E-state index in [1.54, 1.807) is 0 Å². The fourth-order valence-corrected chi connectivity index (χ4v) is 1.21. The molecule has 0 saturated carbocycles. The maximum Gasteiger partial charge on any atom is 0.337 e. The average molecular weight is 252 g/mol. The van der Waals surface area contributed by atoms with Crippen molar-refractivity contribution in [3.8, 4) is 0 Å². The Morgan fingerprint density at radius 2 is 2.17 bits per heavy atom. The lowest BCUT2D eigenvalue weighted by Crippen LogP contribution is -2.44. The molecule has 0 spiro atoms. The predicted octanol–water partition coefficient (Wildman–Crippen LogP) is 1.11. The van der Waals surface area contributed by atoms with E-state index in [4.69, 9.17) is 10.8 Å². The molecule has 1 aromatic rings. The Labute approximate surface area is 107 Å². The molecule has 100 valence electrons. The normalized spacial score (nSPS) is 11.6. The third-order valence-corrected chi connectivity index (χ3v) is 3.08. The molecule has 0 radical (unpaired) electrons. The molecule has 0 unspecified atom stereocenters. The number of anilines is 2. The summed E-state index contributed by atoms with van der Waals surface area (Å²) in [7, 11) is 3.97. The Morgan fingerprint density at radius 3 is 2.67 bits per heavy atom. The summed E-state index contributed by atoms with van der Waals surface area (Å²) in [5.74, 6) is -0.540. The van der Waals surface area contributed by atoms with Crippen molar-refractivity contribution in [3.63, 3.8) is 0 Å². The number of hydrogen-bond donors (Lipinski definition) is 3. The van der Waals surface area contributed by atoms with E-state index in [0.717, 1.165) is 0 Å². The molecular formula is C12H20N4O2. The van der Waals surface area contributed by atoms with Gasteiger partial charge in [-0.1, -0.05) is 0 Å². The van der Waals surface area contributed by atoms with E-state index in [9.17, 15) is 4.79 Å². The Kier molecular flexibility index (Phi) is 4.13. The van der Waals surface area contributed by atoms with Gasteiger partial charge in [0.1, 0.15) is 5.82 Å². The van der Waals surface area contributed by atoms with Crippen LogP contribution in [0.3, 0.4) is 0 Å². The summed E-state index contributed by atoms with van der Waals surface area (Å²) in [5, 5.41) is 12.1. The minimum Gasteiger partial charge on any atom is -0.478 e.